The zero-order chi connectivity index (χ0) is 20.2. The number of hydrogen-bond donors (Lipinski definition) is 2. The molecule has 28 heavy (non-hydrogen) atoms. The van der Waals surface area contributed by atoms with E-state index in [0.717, 1.165) is 51.4 Å². The predicted molar refractivity (Wildman–Crippen MR) is 112 cm³/mol. The van der Waals surface area contributed by atoms with E-state index >= 15 is 0 Å². The number of methoxy groups -OCH3 is 1. The Morgan fingerprint density at radius 1 is 1.21 bits per heavy atom. The molecule has 0 radical (unpaired) electrons. The molecule has 2 rings (SSSR count). The van der Waals surface area contributed by atoms with Crippen LogP contribution in [0.3, 0.4) is 0 Å². The highest BCUT2D eigenvalue weighted by Crippen LogP contribution is 2.38. The molecule has 4 atom stereocenters. The first-order valence-corrected chi connectivity index (χ1v) is 10.7. The molecule has 2 N–H and O–H groups in total. The van der Waals surface area contributed by atoms with E-state index in [1.165, 1.54) is 5.56 Å². The molecule has 1 aromatic rings. The van der Waals surface area contributed by atoms with Crippen LogP contribution < -0.4 is 0 Å². The average Bonchev–Trinajstić information content (AvgIpc) is 3.05. The van der Waals surface area contributed by atoms with Crippen LogP contribution in [-0.4, -0.2) is 35.5 Å². The van der Waals surface area contributed by atoms with Crippen molar-refractivity contribution in [3.8, 4) is 0 Å². The third-order valence-electron chi connectivity index (χ3n) is 6.06. The maximum atomic E-state index is 10.5. The van der Waals surface area contributed by atoms with Crippen molar-refractivity contribution in [3.05, 3.63) is 48.0 Å². The molecule has 1 fully saturated rings. The van der Waals surface area contributed by atoms with E-state index in [2.05, 4.69) is 36.4 Å². The minimum absolute atomic E-state index is 0.209. The van der Waals surface area contributed by atoms with Crippen molar-refractivity contribution >= 4 is 5.97 Å². The fourth-order valence-corrected chi connectivity index (χ4v) is 4.33. The number of carboxylic acid groups (broad SMARTS) is 1. The molecule has 156 valence electrons. The van der Waals surface area contributed by atoms with Crippen molar-refractivity contribution in [1.82, 2.24) is 0 Å². The fourth-order valence-electron chi connectivity index (χ4n) is 4.33. The topological polar surface area (TPSA) is 66.8 Å². The number of aliphatic hydroxyl groups is 1. The van der Waals surface area contributed by atoms with E-state index in [1.807, 2.05) is 6.07 Å². The van der Waals surface area contributed by atoms with Gasteiger partial charge in [0.2, 0.25) is 0 Å². The molecule has 0 bridgehead atoms. The quantitative estimate of drug-likeness (QED) is 0.368. The second kappa shape index (κ2) is 12.7. The van der Waals surface area contributed by atoms with E-state index in [4.69, 9.17) is 9.84 Å². The number of aliphatic hydroxyl groups excluding tert-OH is 1. The maximum Gasteiger partial charge on any atom is 0.303 e. The lowest BCUT2D eigenvalue weighted by atomic mass is 9.86. The van der Waals surface area contributed by atoms with Crippen molar-refractivity contribution in [2.24, 2.45) is 11.8 Å². The van der Waals surface area contributed by atoms with Crippen molar-refractivity contribution in [2.75, 3.05) is 7.11 Å². The molecule has 0 heterocycles. The SMILES string of the molecule is COC(CCc1ccccc1)CCC1CCC(O)C1CC=CCCCC(=O)O. The van der Waals surface area contributed by atoms with Gasteiger partial charge in [0, 0.05) is 13.5 Å². The Morgan fingerprint density at radius 2 is 2.00 bits per heavy atom. The number of aryl methyl sites for hydroxylation is 1. The van der Waals surface area contributed by atoms with Crippen LogP contribution in [0.5, 0.6) is 0 Å². The summed E-state index contributed by atoms with van der Waals surface area (Å²) < 4.78 is 5.71. The van der Waals surface area contributed by atoms with Crippen LogP contribution in [-0.2, 0) is 16.0 Å². The lowest BCUT2D eigenvalue weighted by Crippen LogP contribution is -2.20. The van der Waals surface area contributed by atoms with Crippen molar-refractivity contribution < 1.29 is 19.7 Å². The van der Waals surface area contributed by atoms with E-state index < -0.39 is 5.97 Å². The van der Waals surface area contributed by atoms with Gasteiger partial charge in [-0.3, -0.25) is 4.79 Å². The van der Waals surface area contributed by atoms with Crippen LogP contribution in [0, 0.1) is 11.8 Å². The molecule has 1 saturated carbocycles. The molecule has 0 saturated heterocycles. The number of carbonyl (C=O) groups is 1. The fraction of sp³-hybridized carbons (Fsp3) is 0.625. The van der Waals surface area contributed by atoms with Gasteiger partial charge in [-0.2, -0.15) is 0 Å². The molecule has 4 nitrogen and oxygen atoms in total. The van der Waals surface area contributed by atoms with Gasteiger partial charge < -0.3 is 14.9 Å². The summed E-state index contributed by atoms with van der Waals surface area (Å²) in [6.45, 7) is 0. The zero-order valence-corrected chi connectivity index (χ0v) is 17.1. The van der Waals surface area contributed by atoms with Gasteiger partial charge in [0.1, 0.15) is 0 Å². The summed E-state index contributed by atoms with van der Waals surface area (Å²) in [6.07, 6.45) is 13.0. The molecular formula is C24H36O4. The second-order valence-electron chi connectivity index (χ2n) is 8.02. The number of aliphatic carboxylic acids is 1. The number of carboxylic acids is 1. The summed E-state index contributed by atoms with van der Waals surface area (Å²) >= 11 is 0. The number of rotatable bonds is 13. The number of benzene rings is 1. The molecule has 4 unspecified atom stereocenters. The van der Waals surface area contributed by atoms with Gasteiger partial charge in [-0.1, -0.05) is 42.5 Å². The van der Waals surface area contributed by atoms with Crippen molar-refractivity contribution in [3.63, 3.8) is 0 Å². The van der Waals surface area contributed by atoms with Gasteiger partial charge in [-0.15, -0.1) is 0 Å². The predicted octanol–water partition coefficient (Wildman–Crippen LogP) is 5.00. The number of allylic oxidation sites excluding steroid dienone is 2. The van der Waals surface area contributed by atoms with Crippen LogP contribution in [0.4, 0.5) is 0 Å². The van der Waals surface area contributed by atoms with Gasteiger partial charge in [-0.05, 0) is 75.2 Å². The molecule has 0 spiro atoms. The van der Waals surface area contributed by atoms with Crippen molar-refractivity contribution in [2.45, 2.75) is 76.4 Å². The Kier molecular flexibility index (Phi) is 10.3. The third-order valence-corrected chi connectivity index (χ3v) is 6.06. The van der Waals surface area contributed by atoms with Gasteiger partial charge in [0.25, 0.3) is 0 Å². The third kappa shape index (κ3) is 8.15. The molecular weight excluding hydrogens is 352 g/mol. The van der Waals surface area contributed by atoms with E-state index in [9.17, 15) is 9.90 Å². The van der Waals surface area contributed by atoms with Gasteiger partial charge in [0.05, 0.1) is 12.2 Å². The Bertz CT molecular complexity index is 584. The van der Waals surface area contributed by atoms with Crippen LogP contribution in [0.1, 0.15) is 63.4 Å². The molecule has 0 amide bonds. The molecule has 4 heteroatoms. The first-order chi connectivity index (χ1) is 13.6. The largest absolute Gasteiger partial charge is 0.481 e. The highest BCUT2D eigenvalue weighted by atomic mass is 16.5. The van der Waals surface area contributed by atoms with E-state index in [0.29, 0.717) is 18.3 Å². The lowest BCUT2D eigenvalue weighted by Gasteiger charge is -2.23. The van der Waals surface area contributed by atoms with Crippen LogP contribution in [0.25, 0.3) is 0 Å². The Morgan fingerprint density at radius 3 is 2.71 bits per heavy atom. The smallest absolute Gasteiger partial charge is 0.303 e. The Hall–Kier alpha value is -1.65. The molecule has 1 aliphatic carbocycles. The van der Waals surface area contributed by atoms with Crippen molar-refractivity contribution in [1.29, 1.82) is 0 Å². The minimum atomic E-state index is -0.736. The summed E-state index contributed by atoms with van der Waals surface area (Å²) in [5.41, 5.74) is 1.35. The molecule has 1 aromatic carbocycles. The normalized spacial score (nSPS) is 23.3. The Labute approximate surface area is 169 Å². The molecule has 1 aliphatic rings. The number of unbranched alkanes of at least 4 members (excludes halogenated alkanes) is 1. The first-order valence-electron chi connectivity index (χ1n) is 10.7. The summed E-state index contributed by atoms with van der Waals surface area (Å²) in [4.78, 5) is 10.5. The molecule has 0 aromatic heterocycles. The summed E-state index contributed by atoms with van der Waals surface area (Å²) in [5, 5.41) is 19.0. The van der Waals surface area contributed by atoms with Gasteiger partial charge >= 0.3 is 5.97 Å². The number of ether oxygens (including phenoxy) is 1. The maximum absolute atomic E-state index is 10.5. The monoisotopic (exact) mass is 388 g/mol. The minimum Gasteiger partial charge on any atom is -0.481 e. The van der Waals surface area contributed by atoms with E-state index in [1.54, 1.807) is 7.11 Å². The average molecular weight is 389 g/mol. The highest BCUT2D eigenvalue weighted by molar-refractivity contribution is 5.66. The first kappa shape index (κ1) is 22.6. The van der Waals surface area contributed by atoms with Crippen LogP contribution >= 0.6 is 0 Å². The van der Waals surface area contributed by atoms with Crippen LogP contribution in [0.2, 0.25) is 0 Å². The highest BCUT2D eigenvalue weighted by Gasteiger charge is 2.33. The zero-order valence-electron chi connectivity index (χ0n) is 17.1. The standard InChI is InChI=1S/C24H36O4/c1-28-21(16-13-19-9-5-4-6-10-19)17-14-20-15-18-23(25)22(20)11-7-2-3-8-12-24(26)27/h2,4-7,9-10,20-23,25H,3,8,11-18H2,1H3,(H,26,27). The van der Waals surface area contributed by atoms with E-state index in [-0.39, 0.29) is 18.6 Å². The van der Waals surface area contributed by atoms with Gasteiger partial charge in [-0.25, -0.2) is 0 Å². The molecule has 0 aliphatic heterocycles. The van der Waals surface area contributed by atoms with Crippen LogP contribution in [0.15, 0.2) is 42.5 Å². The second-order valence-corrected chi connectivity index (χ2v) is 8.02. The van der Waals surface area contributed by atoms with Gasteiger partial charge in [0.15, 0.2) is 0 Å². The Balaban J connectivity index is 1.72. The summed E-state index contributed by atoms with van der Waals surface area (Å²) in [5.74, 6) is 0.134. The lowest BCUT2D eigenvalue weighted by molar-refractivity contribution is -0.137. The number of hydrogen-bond acceptors (Lipinski definition) is 3. The summed E-state index contributed by atoms with van der Waals surface area (Å²) in [6, 6.07) is 10.5. The summed E-state index contributed by atoms with van der Waals surface area (Å²) in [7, 11) is 1.80.